The van der Waals surface area contributed by atoms with E-state index in [4.69, 9.17) is 11.6 Å². The van der Waals surface area contributed by atoms with E-state index in [0.29, 0.717) is 22.9 Å². The number of anilines is 1. The van der Waals surface area contributed by atoms with Crippen LogP contribution in [0, 0.1) is 5.41 Å². The summed E-state index contributed by atoms with van der Waals surface area (Å²) in [5.74, 6) is 0.548. The molecular formula is C14H20ClN3O. The van der Waals surface area contributed by atoms with Crippen molar-refractivity contribution in [2.75, 3.05) is 18.4 Å². The molecule has 0 aliphatic heterocycles. The molecule has 0 spiro atoms. The summed E-state index contributed by atoms with van der Waals surface area (Å²) in [7, 11) is 0. The number of hydrogen-bond donors (Lipinski definition) is 2. The van der Waals surface area contributed by atoms with Crippen molar-refractivity contribution < 1.29 is 4.79 Å². The lowest BCUT2D eigenvalue weighted by Gasteiger charge is -2.38. The van der Waals surface area contributed by atoms with Gasteiger partial charge < -0.3 is 10.6 Å². The largest absolute Gasteiger partial charge is 0.370 e. The van der Waals surface area contributed by atoms with E-state index in [9.17, 15) is 4.79 Å². The van der Waals surface area contributed by atoms with Gasteiger partial charge in [0.2, 0.25) is 0 Å². The van der Waals surface area contributed by atoms with E-state index >= 15 is 0 Å². The average molecular weight is 282 g/mol. The van der Waals surface area contributed by atoms with Crippen molar-refractivity contribution in [3.05, 3.63) is 22.8 Å². The van der Waals surface area contributed by atoms with E-state index in [-0.39, 0.29) is 11.3 Å². The molecule has 0 unspecified atom stereocenters. The number of carbonyl (C=O) groups excluding carboxylic acids is 1. The highest BCUT2D eigenvalue weighted by Crippen LogP contribution is 2.39. The first kappa shape index (κ1) is 14.1. The van der Waals surface area contributed by atoms with Crippen LogP contribution in [-0.2, 0) is 0 Å². The third kappa shape index (κ3) is 3.38. The highest BCUT2D eigenvalue weighted by molar-refractivity contribution is 6.33. The molecule has 2 rings (SSSR count). The summed E-state index contributed by atoms with van der Waals surface area (Å²) < 4.78 is 0. The van der Waals surface area contributed by atoms with Gasteiger partial charge in [0.15, 0.2) is 0 Å². The maximum atomic E-state index is 12.2. The van der Waals surface area contributed by atoms with Crippen LogP contribution in [0.3, 0.4) is 0 Å². The molecule has 4 nitrogen and oxygen atoms in total. The summed E-state index contributed by atoms with van der Waals surface area (Å²) in [6.45, 7) is 5.65. The molecule has 2 N–H and O–H groups in total. The SMILES string of the molecule is CCNc1cc(C(=O)NCC2(C)CCC2)c(Cl)cn1. The average Bonchev–Trinajstić information content (AvgIpc) is 2.36. The molecule has 1 heterocycles. The van der Waals surface area contributed by atoms with Crippen LogP contribution in [0.1, 0.15) is 43.5 Å². The monoisotopic (exact) mass is 281 g/mol. The Hall–Kier alpha value is -1.29. The Labute approximate surface area is 118 Å². The predicted molar refractivity (Wildman–Crippen MR) is 77.7 cm³/mol. The number of amides is 1. The second kappa shape index (κ2) is 5.78. The van der Waals surface area contributed by atoms with Gasteiger partial charge in [0.25, 0.3) is 5.91 Å². The molecule has 1 amide bonds. The molecule has 5 heteroatoms. The Balaban J connectivity index is 2.03. The van der Waals surface area contributed by atoms with Gasteiger partial charge in [-0.1, -0.05) is 24.9 Å². The van der Waals surface area contributed by atoms with Gasteiger partial charge in [0.05, 0.1) is 10.6 Å². The number of nitrogens with zero attached hydrogens (tertiary/aromatic N) is 1. The van der Waals surface area contributed by atoms with E-state index in [1.54, 1.807) is 6.07 Å². The van der Waals surface area contributed by atoms with E-state index in [0.717, 1.165) is 6.54 Å². The van der Waals surface area contributed by atoms with Crippen LogP contribution in [0.15, 0.2) is 12.3 Å². The standard InChI is InChI=1S/C14H20ClN3O/c1-3-16-12-7-10(11(15)8-17-12)13(19)18-9-14(2)5-4-6-14/h7-8H,3-6,9H2,1-2H3,(H,16,17)(H,18,19). The van der Waals surface area contributed by atoms with Crippen LogP contribution in [-0.4, -0.2) is 24.0 Å². The van der Waals surface area contributed by atoms with Crippen molar-refractivity contribution in [1.82, 2.24) is 10.3 Å². The van der Waals surface area contributed by atoms with Gasteiger partial charge in [-0.05, 0) is 31.2 Å². The molecule has 1 fully saturated rings. The van der Waals surface area contributed by atoms with Crippen molar-refractivity contribution in [2.45, 2.75) is 33.1 Å². The van der Waals surface area contributed by atoms with Crippen LogP contribution in [0.4, 0.5) is 5.82 Å². The van der Waals surface area contributed by atoms with Gasteiger partial charge >= 0.3 is 0 Å². The number of carbonyl (C=O) groups is 1. The van der Waals surface area contributed by atoms with Crippen molar-refractivity contribution in [2.24, 2.45) is 5.41 Å². The molecule has 0 aromatic carbocycles. The Bertz CT molecular complexity index is 472. The molecule has 1 aromatic rings. The first-order valence-electron chi connectivity index (χ1n) is 6.72. The number of nitrogens with one attached hydrogen (secondary N) is 2. The van der Waals surface area contributed by atoms with Crippen molar-refractivity contribution >= 4 is 23.3 Å². The number of hydrogen-bond acceptors (Lipinski definition) is 3. The lowest BCUT2D eigenvalue weighted by atomic mass is 9.70. The molecule has 104 valence electrons. The molecule has 1 aromatic heterocycles. The molecule has 0 saturated heterocycles. The van der Waals surface area contributed by atoms with E-state index < -0.39 is 0 Å². The quantitative estimate of drug-likeness (QED) is 0.872. The van der Waals surface area contributed by atoms with Crippen molar-refractivity contribution in [3.63, 3.8) is 0 Å². The summed E-state index contributed by atoms with van der Waals surface area (Å²) in [5, 5.41) is 6.43. The maximum absolute atomic E-state index is 12.2. The lowest BCUT2D eigenvalue weighted by molar-refractivity contribution is 0.0891. The smallest absolute Gasteiger partial charge is 0.253 e. The van der Waals surface area contributed by atoms with Gasteiger partial charge in [-0.3, -0.25) is 4.79 Å². The summed E-state index contributed by atoms with van der Waals surface area (Å²) in [4.78, 5) is 16.3. The first-order chi connectivity index (χ1) is 9.04. The zero-order valence-corrected chi connectivity index (χ0v) is 12.2. The fourth-order valence-corrected chi connectivity index (χ4v) is 2.43. The number of aromatic nitrogens is 1. The molecule has 0 radical (unpaired) electrons. The van der Waals surface area contributed by atoms with Crippen molar-refractivity contribution in [3.8, 4) is 0 Å². The Kier molecular flexibility index (Phi) is 4.30. The molecule has 0 atom stereocenters. The highest BCUT2D eigenvalue weighted by Gasteiger charge is 2.32. The first-order valence-corrected chi connectivity index (χ1v) is 7.09. The molecular weight excluding hydrogens is 262 g/mol. The van der Waals surface area contributed by atoms with E-state index in [2.05, 4.69) is 22.5 Å². The molecule has 1 aliphatic carbocycles. The van der Waals surface area contributed by atoms with Crippen molar-refractivity contribution in [1.29, 1.82) is 0 Å². The highest BCUT2D eigenvalue weighted by atomic mass is 35.5. The maximum Gasteiger partial charge on any atom is 0.253 e. The second-order valence-corrected chi connectivity index (χ2v) is 5.83. The second-order valence-electron chi connectivity index (χ2n) is 5.43. The van der Waals surface area contributed by atoms with Crippen LogP contribution in [0.2, 0.25) is 5.02 Å². The van der Waals surface area contributed by atoms with E-state index in [1.165, 1.54) is 25.5 Å². The molecule has 1 aliphatic rings. The number of pyridine rings is 1. The Morgan fingerprint density at radius 2 is 2.26 bits per heavy atom. The Morgan fingerprint density at radius 3 is 2.84 bits per heavy atom. The normalized spacial score (nSPS) is 16.6. The Morgan fingerprint density at radius 1 is 1.53 bits per heavy atom. The minimum atomic E-state index is -0.125. The number of halogens is 1. The van der Waals surface area contributed by atoms with E-state index in [1.807, 2.05) is 6.92 Å². The lowest BCUT2D eigenvalue weighted by Crippen LogP contribution is -2.40. The summed E-state index contributed by atoms with van der Waals surface area (Å²) in [6, 6.07) is 1.70. The third-order valence-electron chi connectivity index (χ3n) is 3.69. The zero-order chi connectivity index (χ0) is 13.9. The zero-order valence-electron chi connectivity index (χ0n) is 11.4. The summed E-state index contributed by atoms with van der Waals surface area (Å²) in [6.07, 6.45) is 5.13. The predicted octanol–water partition coefficient (Wildman–Crippen LogP) is 3.09. The van der Waals surface area contributed by atoms with Crippen LogP contribution < -0.4 is 10.6 Å². The third-order valence-corrected chi connectivity index (χ3v) is 4.00. The van der Waals surface area contributed by atoms with Gasteiger partial charge in [-0.25, -0.2) is 4.98 Å². The minimum absolute atomic E-state index is 0.125. The van der Waals surface area contributed by atoms with Gasteiger partial charge in [0.1, 0.15) is 5.82 Å². The topological polar surface area (TPSA) is 54.0 Å². The summed E-state index contributed by atoms with van der Waals surface area (Å²) in [5.41, 5.74) is 0.746. The van der Waals surface area contributed by atoms with Gasteiger partial charge in [0, 0.05) is 19.3 Å². The van der Waals surface area contributed by atoms with Crippen LogP contribution >= 0.6 is 11.6 Å². The fourth-order valence-electron chi connectivity index (χ4n) is 2.24. The molecule has 19 heavy (non-hydrogen) atoms. The van der Waals surface area contributed by atoms with Crippen LogP contribution in [0.25, 0.3) is 0 Å². The molecule has 0 bridgehead atoms. The number of rotatable bonds is 5. The fraction of sp³-hybridized carbons (Fsp3) is 0.571. The minimum Gasteiger partial charge on any atom is -0.370 e. The summed E-state index contributed by atoms with van der Waals surface area (Å²) >= 11 is 6.04. The van der Waals surface area contributed by atoms with Gasteiger partial charge in [-0.15, -0.1) is 0 Å². The van der Waals surface area contributed by atoms with Gasteiger partial charge in [-0.2, -0.15) is 0 Å². The van der Waals surface area contributed by atoms with Crippen LogP contribution in [0.5, 0.6) is 0 Å². The molecule has 1 saturated carbocycles.